The summed E-state index contributed by atoms with van der Waals surface area (Å²) in [5, 5.41) is 0.109. The lowest BCUT2D eigenvalue weighted by Gasteiger charge is -2.18. The van der Waals surface area contributed by atoms with Crippen molar-refractivity contribution in [3.05, 3.63) is 66.2 Å². The van der Waals surface area contributed by atoms with E-state index in [0.717, 1.165) is 12.2 Å². The van der Waals surface area contributed by atoms with E-state index in [-0.39, 0.29) is 5.38 Å². The maximum Gasteiger partial charge on any atom is 0.0611 e. The highest BCUT2D eigenvalue weighted by atomic mass is 35.5. The Kier molecular flexibility index (Phi) is 5.81. The van der Waals surface area contributed by atoms with Gasteiger partial charge in [0.05, 0.1) is 5.38 Å². The minimum atomic E-state index is 0.109. The molecule has 100 valence electrons. The van der Waals surface area contributed by atoms with Gasteiger partial charge in [-0.1, -0.05) is 55.5 Å². The van der Waals surface area contributed by atoms with Crippen LogP contribution >= 0.6 is 23.4 Å². The second-order valence-electron chi connectivity index (χ2n) is 4.74. The van der Waals surface area contributed by atoms with Crippen LogP contribution in [0.25, 0.3) is 0 Å². The number of rotatable bonds is 6. The summed E-state index contributed by atoms with van der Waals surface area (Å²) in [5.74, 6) is 1.60. The van der Waals surface area contributed by atoms with Crippen LogP contribution in [0, 0.1) is 5.92 Å². The zero-order valence-corrected chi connectivity index (χ0v) is 12.7. The molecule has 0 saturated carbocycles. The Labute approximate surface area is 125 Å². The molecule has 0 aliphatic rings. The Bertz CT molecular complexity index is 469. The minimum Gasteiger partial charge on any atom is -0.126 e. The largest absolute Gasteiger partial charge is 0.126 e. The maximum atomic E-state index is 6.53. The van der Waals surface area contributed by atoms with Gasteiger partial charge < -0.3 is 0 Å². The van der Waals surface area contributed by atoms with Crippen molar-refractivity contribution in [1.29, 1.82) is 0 Å². The van der Waals surface area contributed by atoms with Gasteiger partial charge in [0.1, 0.15) is 0 Å². The maximum absolute atomic E-state index is 6.53. The van der Waals surface area contributed by atoms with Gasteiger partial charge in [-0.2, -0.15) is 0 Å². The fourth-order valence-electron chi connectivity index (χ4n) is 1.99. The molecular weight excluding hydrogens is 272 g/mol. The lowest BCUT2D eigenvalue weighted by molar-refractivity contribution is 0.547. The average Bonchev–Trinajstić information content (AvgIpc) is 2.48. The van der Waals surface area contributed by atoms with Crippen LogP contribution in [0.1, 0.15) is 24.3 Å². The van der Waals surface area contributed by atoms with Gasteiger partial charge in [-0.15, -0.1) is 23.4 Å². The van der Waals surface area contributed by atoms with E-state index in [1.54, 1.807) is 0 Å². The highest BCUT2D eigenvalue weighted by Crippen LogP contribution is 2.32. The molecular formula is C17H19ClS. The molecule has 0 heterocycles. The first kappa shape index (κ1) is 14.5. The Morgan fingerprint density at radius 1 is 0.947 bits per heavy atom. The molecule has 0 bridgehead atoms. The van der Waals surface area contributed by atoms with E-state index in [1.165, 1.54) is 10.5 Å². The van der Waals surface area contributed by atoms with Crippen LogP contribution in [-0.2, 0) is 0 Å². The second kappa shape index (κ2) is 7.62. The summed E-state index contributed by atoms with van der Waals surface area (Å²) in [4.78, 5) is 1.33. The zero-order chi connectivity index (χ0) is 13.5. The number of hydrogen-bond acceptors (Lipinski definition) is 1. The first-order valence-electron chi connectivity index (χ1n) is 6.64. The Balaban J connectivity index is 1.80. The van der Waals surface area contributed by atoms with Gasteiger partial charge in [-0.05, 0) is 35.8 Å². The van der Waals surface area contributed by atoms with Crippen LogP contribution in [-0.4, -0.2) is 5.75 Å². The molecule has 0 spiro atoms. The summed E-state index contributed by atoms with van der Waals surface area (Å²) in [6.07, 6.45) is 1.13. The van der Waals surface area contributed by atoms with E-state index in [4.69, 9.17) is 11.6 Å². The molecule has 0 aliphatic heterocycles. The molecule has 0 nitrogen and oxygen atoms in total. The normalized spacial score (nSPS) is 14.0. The van der Waals surface area contributed by atoms with Crippen LogP contribution in [0.4, 0.5) is 0 Å². The van der Waals surface area contributed by atoms with Crippen molar-refractivity contribution in [2.45, 2.75) is 23.6 Å². The summed E-state index contributed by atoms with van der Waals surface area (Å²) < 4.78 is 0. The number of halogens is 1. The van der Waals surface area contributed by atoms with E-state index in [9.17, 15) is 0 Å². The molecule has 2 unspecified atom stereocenters. The van der Waals surface area contributed by atoms with Crippen molar-refractivity contribution in [1.82, 2.24) is 0 Å². The van der Waals surface area contributed by atoms with Crippen molar-refractivity contribution in [3.63, 3.8) is 0 Å². The van der Waals surface area contributed by atoms with Gasteiger partial charge in [0.25, 0.3) is 0 Å². The number of benzene rings is 2. The van der Waals surface area contributed by atoms with Crippen LogP contribution in [0.2, 0.25) is 0 Å². The molecule has 0 fully saturated rings. The van der Waals surface area contributed by atoms with Gasteiger partial charge in [0, 0.05) is 4.90 Å². The van der Waals surface area contributed by atoms with E-state index >= 15 is 0 Å². The van der Waals surface area contributed by atoms with Crippen molar-refractivity contribution >= 4 is 23.4 Å². The van der Waals surface area contributed by atoms with E-state index in [1.807, 2.05) is 17.8 Å². The van der Waals surface area contributed by atoms with Crippen LogP contribution in [0.3, 0.4) is 0 Å². The molecule has 0 saturated heterocycles. The van der Waals surface area contributed by atoms with Crippen LogP contribution in [0.15, 0.2) is 65.6 Å². The fraction of sp³-hybridized carbons (Fsp3) is 0.294. The van der Waals surface area contributed by atoms with Crippen molar-refractivity contribution in [3.8, 4) is 0 Å². The number of alkyl halides is 1. The molecule has 2 aromatic carbocycles. The minimum absolute atomic E-state index is 0.109. The Morgan fingerprint density at radius 3 is 2.16 bits per heavy atom. The molecule has 2 atom stereocenters. The average molecular weight is 291 g/mol. The molecule has 2 heteroatoms. The van der Waals surface area contributed by atoms with Gasteiger partial charge in [-0.25, -0.2) is 0 Å². The number of thioether (sulfide) groups is 1. The monoisotopic (exact) mass is 290 g/mol. The quantitative estimate of drug-likeness (QED) is 0.479. The predicted octanol–water partition coefficient (Wildman–Crippen LogP) is 5.79. The van der Waals surface area contributed by atoms with E-state index < -0.39 is 0 Å². The first-order chi connectivity index (χ1) is 9.27. The Morgan fingerprint density at radius 2 is 1.53 bits per heavy atom. The van der Waals surface area contributed by atoms with Gasteiger partial charge in [0.2, 0.25) is 0 Å². The topological polar surface area (TPSA) is 0 Å². The first-order valence-corrected chi connectivity index (χ1v) is 8.06. The van der Waals surface area contributed by atoms with E-state index in [2.05, 4.69) is 61.5 Å². The third-order valence-electron chi connectivity index (χ3n) is 3.20. The zero-order valence-electron chi connectivity index (χ0n) is 11.1. The fourth-order valence-corrected chi connectivity index (χ4v) is 3.34. The van der Waals surface area contributed by atoms with Crippen LogP contribution in [0.5, 0.6) is 0 Å². The molecule has 0 aromatic heterocycles. The summed E-state index contributed by atoms with van der Waals surface area (Å²) in [7, 11) is 0. The summed E-state index contributed by atoms with van der Waals surface area (Å²) in [5.41, 5.74) is 1.22. The summed E-state index contributed by atoms with van der Waals surface area (Å²) >= 11 is 8.43. The van der Waals surface area contributed by atoms with E-state index in [0.29, 0.717) is 5.92 Å². The molecule has 0 amide bonds. The highest BCUT2D eigenvalue weighted by molar-refractivity contribution is 7.99. The lowest BCUT2D eigenvalue weighted by atomic mass is 9.98. The van der Waals surface area contributed by atoms with Gasteiger partial charge in [0.15, 0.2) is 0 Å². The summed E-state index contributed by atoms with van der Waals surface area (Å²) in [6, 6.07) is 20.9. The standard InChI is InChI=1S/C17H19ClS/c1-14(17(18)15-8-4-2-5-9-15)12-13-19-16-10-6-3-7-11-16/h2-11,14,17H,12-13H2,1H3. The predicted molar refractivity (Wildman–Crippen MR) is 86.0 cm³/mol. The van der Waals surface area contributed by atoms with Gasteiger partial charge in [-0.3, -0.25) is 0 Å². The lowest BCUT2D eigenvalue weighted by Crippen LogP contribution is -2.05. The van der Waals surface area contributed by atoms with Crippen molar-refractivity contribution in [2.75, 3.05) is 5.75 Å². The van der Waals surface area contributed by atoms with Gasteiger partial charge >= 0.3 is 0 Å². The third kappa shape index (κ3) is 4.59. The van der Waals surface area contributed by atoms with Crippen LogP contribution < -0.4 is 0 Å². The molecule has 0 radical (unpaired) electrons. The van der Waals surface area contributed by atoms with Crippen molar-refractivity contribution < 1.29 is 0 Å². The van der Waals surface area contributed by atoms with Crippen molar-refractivity contribution in [2.24, 2.45) is 5.92 Å². The Hall–Kier alpha value is -0.920. The molecule has 0 N–H and O–H groups in total. The number of hydrogen-bond donors (Lipinski definition) is 0. The molecule has 19 heavy (non-hydrogen) atoms. The SMILES string of the molecule is CC(CCSc1ccccc1)C(Cl)c1ccccc1. The highest BCUT2D eigenvalue weighted by Gasteiger charge is 2.15. The molecule has 2 rings (SSSR count). The third-order valence-corrected chi connectivity index (χ3v) is 4.93. The molecule has 0 aliphatic carbocycles. The second-order valence-corrected chi connectivity index (χ2v) is 6.38. The smallest absolute Gasteiger partial charge is 0.0611 e. The summed E-state index contributed by atoms with van der Waals surface area (Å²) in [6.45, 7) is 2.23. The molecule has 2 aromatic rings.